The zero-order valence-corrected chi connectivity index (χ0v) is 20.3. The average Bonchev–Trinajstić information content (AvgIpc) is 3.48. The van der Waals surface area contributed by atoms with Crippen molar-refractivity contribution in [3.05, 3.63) is 89.6 Å². The third-order valence-corrected chi connectivity index (χ3v) is 6.53. The molecule has 1 aliphatic heterocycles. The first kappa shape index (κ1) is 23.5. The molecule has 8 heteroatoms. The van der Waals surface area contributed by atoms with Gasteiger partial charge in [-0.3, -0.25) is 4.79 Å². The van der Waals surface area contributed by atoms with Crippen LogP contribution in [0.2, 0.25) is 0 Å². The molecule has 0 amide bonds. The van der Waals surface area contributed by atoms with Crippen LogP contribution in [0.25, 0.3) is 11.5 Å². The van der Waals surface area contributed by atoms with Gasteiger partial charge >= 0.3 is 5.97 Å². The molecular formula is C28H28N4O4. The smallest absolute Gasteiger partial charge is 0.308 e. The molecule has 0 spiro atoms. The Balaban J connectivity index is 1.21. The number of aromatic nitrogens is 3. The Labute approximate surface area is 209 Å². The van der Waals surface area contributed by atoms with E-state index in [-0.39, 0.29) is 5.92 Å². The average molecular weight is 485 g/mol. The van der Waals surface area contributed by atoms with Gasteiger partial charge in [0.1, 0.15) is 23.8 Å². The Kier molecular flexibility index (Phi) is 6.66. The van der Waals surface area contributed by atoms with E-state index in [2.05, 4.69) is 15.0 Å². The van der Waals surface area contributed by atoms with Gasteiger partial charge in [-0.05, 0) is 62.1 Å². The number of carboxylic acids is 1. The highest BCUT2D eigenvalue weighted by molar-refractivity contribution is 5.72. The summed E-state index contributed by atoms with van der Waals surface area (Å²) in [5.74, 6) is 1.33. The van der Waals surface area contributed by atoms with Crippen LogP contribution in [0, 0.1) is 25.7 Å². The van der Waals surface area contributed by atoms with Crippen LogP contribution in [0.1, 0.15) is 22.7 Å². The number of nitrogens with zero attached hydrogens (tertiary/aromatic N) is 4. The van der Waals surface area contributed by atoms with E-state index in [1.807, 2.05) is 79.4 Å². The molecule has 5 rings (SSSR count). The summed E-state index contributed by atoms with van der Waals surface area (Å²) in [6, 6.07) is 19.4. The van der Waals surface area contributed by atoms with Gasteiger partial charge in [-0.25, -0.2) is 15.0 Å². The van der Waals surface area contributed by atoms with Gasteiger partial charge in [-0.1, -0.05) is 30.3 Å². The Hall–Kier alpha value is -4.20. The van der Waals surface area contributed by atoms with Crippen LogP contribution in [-0.4, -0.2) is 39.1 Å². The lowest BCUT2D eigenvalue weighted by Gasteiger charge is -2.16. The maximum atomic E-state index is 11.9. The largest absolute Gasteiger partial charge is 0.487 e. The van der Waals surface area contributed by atoms with Crippen molar-refractivity contribution in [2.24, 2.45) is 11.8 Å². The van der Waals surface area contributed by atoms with Crippen molar-refractivity contribution in [3.63, 3.8) is 0 Å². The van der Waals surface area contributed by atoms with Crippen molar-refractivity contribution in [1.82, 2.24) is 15.0 Å². The Morgan fingerprint density at radius 1 is 1.06 bits per heavy atom. The molecule has 1 saturated heterocycles. The van der Waals surface area contributed by atoms with Gasteiger partial charge in [0.2, 0.25) is 11.8 Å². The second kappa shape index (κ2) is 10.2. The van der Waals surface area contributed by atoms with Gasteiger partial charge in [-0.2, -0.15) is 0 Å². The summed E-state index contributed by atoms with van der Waals surface area (Å²) < 4.78 is 11.8. The number of hydrogen-bond acceptors (Lipinski definition) is 7. The van der Waals surface area contributed by atoms with E-state index in [1.165, 1.54) is 0 Å². The minimum absolute atomic E-state index is 0.0347. The summed E-state index contributed by atoms with van der Waals surface area (Å²) in [6.45, 7) is 5.10. The lowest BCUT2D eigenvalue weighted by atomic mass is 9.90. The molecule has 0 bridgehead atoms. The number of benzene rings is 2. The Morgan fingerprint density at radius 3 is 2.56 bits per heavy atom. The predicted molar refractivity (Wildman–Crippen MR) is 135 cm³/mol. The number of carboxylic acid groups (broad SMARTS) is 1. The highest BCUT2D eigenvalue weighted by Crippen LogP contribution is 2.30. The molecule has 184 valence electrons. The summed E-state index contributed by atoms with van der Waals surface area (Å²) in [5.41, 5.74) is 3.61. The number of ether oxygens (including phenoxy) is 1. The molecule has 0 saturated carbocycles. The number of aliphatic carboxylic acids is 1. The highest BCUT2D eigenvalue weighted by atomic mass is 16.5. The predicted octanol–water partition coefficient (Wildman–Crippen LogP) is 4.71. The zero-order chi connectivity index (χ0) is 25.1. The fourth-order valence-corrected chi connectivity index (χ4v) is 4.55. The van der Waals surface area contributed by atoms with Crippen molar-refractivity contribution in [2.45, 2.75) is 26.9 Å². The van der Waals surface area contributed by atoms with Crippen LogP contribution in [0.15, 0.2) is 71.3 Å². The zero-order valence-electron chi connectivity index (χ0n) is 20.3. The number of rotatable bonds is 8. The minimum Gasteiger partial charge on any atom is -0.487 e. The maximum absolute atomic E-state index is 11.9. The van der Waals surface area contributed by atoms with Crippen molar-refractivity contribution < 1.29 is 19.1 Å². The molecular weight excluding hydrogens is 456 g/mol. The van der Waals surface area contributed by atoms with Gasteiger partial charge in [0.25, 0.3) is 0 Å². The molecule has 1 N–H and O–H groups in total. The van der Waals surface area contributed by atoms with Gasteiger partial charge in [0.15, 0.2) is 0 Å². The van der Waals surface area contributed by atoms with Crippen molar-refractivity contribution in [1.29, 1.82) is 0 Å². The first-order valence-electron chi connectivity index (χ1n) is 12.0. The van der Waals surface area contributed by atoms with E-state index in [0.717, 1.165) is 34.0 Å². The molecule has 2 aromatic carbocycles. The summed E-state index contributed by atoms with van der Waals surface area (Å²) in [4.78, 5) is 27.3. The van der Waals surface area contributed by atoms with E-state index in [4.69, 9.17) is 9.15 Å². The number of anilines is 1. The molecule has 2 aromatic heterocycles. The van der Waals surface area contributed by atoms with Crippen molar-refractivity contribution >= 4 is 11.9 Å². The first-order valence-corrected chi connectivity index (χ1v) is 12.0. The van der Waals surface area contributed by atoms with Gasteiger partial charge in [0.05, 0.1) is 5.92 Å². The lowest BCUT2D eigenvalue weighted by Crippen LogP contribution is -2.25. The Morgan fingerprint density at radius 2 is 1.83 bits per heavy atom. The lowest BCUT2D eigenvalue weighted by molar-refractivity contribution is -0.142. The minimum atomic E-state index is -0.784. The quantitative estimate of drug-likeness (QED) is 0.384. The molecule has 0 unspecified atom stereocenters. The van der Waals surface area contributed by atoms with Crippen LogP contribution < -0.4 is 9.64 Å². The monoisotopic (exact) mass is 484 g/mol. The molecule has 3 heterocycles. The molecule has 4 aromatic rings. The molecule has 8 nitrogen and oxygen atoms in total. The van der Waals surface area contributed by atoms with Crippen LogP contribution in [0.5, 0.6) is 5.75 Å². The fourth-order valence-electron chi connectivity index (χ4n) is 4.55. The van der Waals surface area contributed by atoms with E-state index in [0.29, 0.717) is 38.0 Å². The molecule has 1 aliphatic rings. The van der Waals surface area contributed by atoms with Crippen LogP contribution >= 0.6 is 0 Å². The molecule has 1 fully saturated rings. The highest BCUT2D eigenvalue weighted by Gasteiger charge is 2.38. The third-order valence-electron chi connectivity index (χ3n) is 6.53. The van der Waals surface area contributed by atoms with E-state index < -0.39 is 11.9 Å². The molecule has 0 aliphatic carbocycles. The van der Waals surface area contributed by atoms with E-state index in [9.17, 15) is 9.90 Å². The number of carbonyl (C=O) groups is 1. The summed E-state index contributed by atoms with van der Waals surface area (Å²) in [6.07, 6.45) is 2.37. The van der Waals surface area contributed by atoms with Gasteiger partial charge in [0, 0.05) is 30.5 Å². The van der Waals surface area contributed by atoms with Gasteiger partial charge < -0.3 is 19.2 Å². The van der Waals surface area contributed by atoms with Crippen LogP contribution in [-0.2, 0) is 17.8 Å². The Bertz CT molecular complexity index is 1340. The van der Waals surface area contributed by atoms with Crippen molar-refractivity contribution in [3.8, 4) is 17.2 Å². The summed E-state index contributed by atoms with van der Waals surface area (Å²) in [5, 5.41) is 9.80. The summed E-state index contributed by atoms with van der Waals surface area (Å²) >= 11 is 0. The normalized spacial score (nSPS) is 17.3. The topological polar surface area (TPSA) is 102 Å². The van der Waals surface area contributed by atoms with E-state index in [1.54, 1.807) is 6.20 Å². The fraction of sp³-hybridized carbons (Fsp3) is 0.286. The standard InChI is InChI=1S/C28H28N4O4/c1-18-12-13-29-28(30-18)32-15-22(24(16-32)27(33)34)14-20-8-10-23(11-9-20)35-17-25-19(2)36-26(31-25)21-6-4-3-5-7-21/h3-13,22,24H,14-17H2,1-2H3,(H,33,34)/t22-,24+/m1/s1. The number of aryl methyl sites for hydroxylation is 2. The maximum Gasteiger partial charge on any atom is 0.308 e. The van der Waals surface area contributed by atoms with Gasteiger partial charge in [-0.15, -0.1) is 0 Å². The van der Waals surface area contributed by atoms with Crippen LogP contribution in [0.4, 0.5) is 5.95 Å². The first-order chi connectivity index (χ1) is 17.5. The summed E-state index contributed by atoms with van der Waals surface area (Å²) in [7, 11) is 0. The number of hydrogen-bond donors (Lipinski definition) is 1. The van der Waals surface area contributed by atoms with Crippen LogP contribution in [0.3, 0.4) is 0 Å². The molecule has 2 atom stereocenters. The number of oxazole rings is 1. The third kappa shape index (κ3) is 5.22. The molecule has 36 heavy (non-hydrogen) atoms. The second-order valence-corrected chi connectivity index (χ2v) is 9.13. The second-order valence-electron chi connectivity index (χ2n) is 9.13. The molecule has 0 radical (unpaired) electrons. The van der Waals surface area contributed by atoms with Crippen molar-refractivity contribution in [2.75, 3.05) is 18.0 Å². The van der Waals surface area contributed by atoms with E-state index >= 15 is 0 Å². The SMILES string of the molecule is Cc1ccnc(N2C[C@@H](Cc3ccc(OCc4nc(-c5ccccc5)oc4C)cc3)[C@@H](C(=O)O)C2)n1.